The van der Waals surface area contributed by atoms with Gasteiger partial charge in [-0.05, 0) is 42.2 Å². The van der Waals surface area contributed by atoms with E-state index >= 15 is 0 Å². The Bertz CT molecular complexity index is 1080. The zero-order valence-electron chi connectivity index (χ0n) is 19.1. The summed E-state index contributed by atoms with van der Waals surface area (Å²) in [4.78, 5) is 60.8. The molecule has 0 heterocycles. The van der Waals surface area contributed by atoms with Gasteiger partial charge in [0.1, 0.15) is 0 Å². The Hall–Kier alpha value is -4.21. The van der Waals surface area contributed by atoms with E-state index in [0.29, 0.717) is 5.56 Å². The molecule has 0 aliphatic heterocycles. The van der Waals surface area contributed by atoms with E-state index in [9.17, 15) is 39.3 Å². The molecule has 186 valence electrons. The van der Waals surface area contributed by atoms with Crippen LogP contribution in [-0.4, -0.2) is 50.2 Å². The minimum absolute atomic E-state index is 0.0279. The molecule has 2 rings (SSSR count). The first kappa shape index (κ1) is 27.0. The van der Waals surface area contributed by atoms with Crippen LogP contribution in [0.5, 0.6) is 0 Å². The van der Waals surface area contributed by atoms with E-state index in [0.717, 1.165) is 6.92 Å². The van der Waals surface area contributed by atoms with Crippen LogP contribution in [-0.2, 0) is 19.2 Å². The first-order valence-electron chi connectivity index (χ1n) is 10.9. The number of carbonyl (C=O) groups excluding carboxylic acids is 1. The van der Waals surface area contributed by atoms with E-state index in [1.807, 2.05) is 0 Å². The van der Waals surface area contributed by atoms with Crippen LogP contribution in [0, 0.1) is 23.7 Å². The predicted molar refractivity (Wildman–Crippen MR) is 124 cm³/mol. The third-order valence-electron chi connectivity index (χ3n) is 6.08. The number of anilines is 1. The van der Waals surface area contributed by atoms with E-state index in [-0.39, 0.29) is 17.7 Å². The molecule has 0 fully saturated rings. The van der Waals surface area contributed by atoms with E-state index in [1.165, 1.54) is 24.3 Å². The van der Waals surface area contributed by atoms with Crippen molar-refractivity contribution in [2.45, 2.75) is 26.2 Å². The number of carboxylic acid groups (broad SMARTS) is 4. The van der Waals surface area contributed by atoms with Gasteiger partial charge in [0.05, 0.1) is 29.2 Å². The maximum absolute atomic E-state index is 13.5. The van der Waals surface area contributed by atoms with E-state index in [4.69, 9.17) is 5.11 Å². The van der Waals surface area contributed by atoms with Crippen LogP contribution < -0.4 is 5.32 Å². The van der Waals surface area contributed by atoms with Gasteiger partial charge in [-0.3, -0.25) is 19.2 Å². The maximum Gasteiger partial charge on any atom is 0.335 e. The quantitative estimate of drug-likeness (QED) is 0.302. The summed E-state index contributed by atoms with van der Waals surface area (Å²) in [7, 11) is 0. The number of hydrogen-bond acceptors (Lipinski definition) is 5. The van der Waals surface area contributed by atoms with E-state index in [1.54, 1.807) is 37.3 Å². The summed E-state index contributed by atoms with van der Waals surface area (Å²) in [6.07, 6.45) is 0.262. The summed E-state index contributed by atoms with van der Waals surface area (Å²) < 4.78 is 0. The SMILES string of the molecule is CCC(c1ccccc1)C(C(=O)Nc1ccc(C(=O)O)cc1)C(C(=O)O)C(C(=O)O)C(C)C(=O)O. The summed E-state index contributed by atoms with van der Waals surface area (Å²) in [5, 5.41) is 41.0. The average molecular weight is 485 g/mol. The number of nitrogens with one attached hydrogen (secondary N) is 1. The van der Waals surface area contributed by atoms with Crippen molar-refractivity contribution in [3.63, 3.8) is 0 Å². The van der Waals surface area contributed by atoms with Crippen LogP contribution in [0.3, 0.4) is 0 Å². The van der Waals surface area contributed by atoms with Gasteiger partial charge < -0.3 is 25.7 Å². The molecule has 2 aromatic carbocycles. The molecule has 10 nitrogen and oxygen atoms in total. The molecule has 2 aromatic rings. The Labute approximate surface area is 201 Å². The zero-order chi connectivity index (χ0) is 26.3. The number of rotatable bonds is 12. The van der Waals surface area contributed by atoms with Gasteiger partial charge in [0.2, 0.25) is 5.91 Å². The fourth-order valence-corrected chi connectivity index (χ4v) is 4.28. The molecule has 0 saturated carbocycles. The Morgan fingerprint density at radius 1 is 0.743 bits per heavy atom. The molecule has 0 aliphatic carbocycles. The fourth-order valence-electron chi connectivity index (χ4n) is 4.28. The van der Waals surface area contributed by atoms with Crippen molar-refractivity contribution in [1.82, 2.24) is 0 Å². The second-order valence-corrected chi connectivity index (χ2v) is 8.18. The van der Waals surface area contributed by atoms with Crippen LogP contribution in [0.4, 0.5) is 5.69 Å². The molecule has 10 heteroatoms. The lowest BCUT2D eigenvalue weighted by Gasteiger charge is -2.34. The lowest BCUT2D eigenvalue weighted by Crippen LogP contribution is -2.47. The van der Waals surface area contributed by atoms with Crippen LogP contribution >= 0.6 is 0 Å². The third kappa shape index (κ3) is 6.44. The molecule has 5 atom stereocenters. The lowest BCUT2D eigenvalue weighted by molar-refractivity contribution is -0.165. The second kappa shape index (κ2) is 11.8. The zero-order valence-corrected chi connectivity index (χ0v) is 19.1. The van der Waals surface area contributed by atoms with Crippen LogP contribution in [0.15, 0.2) is 54.6 Å². The van der Waals surface area contributed by atoms with Crippen molar-refractivity contribution in [3.05, 3.63) is 65.7 Å². The number of benzene rings is 2. The molecule has 0 aromatic heterocycles. The molecule has 0 bridgehead atoms. The van der Waals surface area contributed by atoms with Gasteiger partial charge >= 0.3 is 23.9 Å². The summed E-state index contributed by atoms with van der Waals surface area (Å²) in [5.74, 6) is -14.3. The standard InChI is InChI=1S/C25H27NO9/c1-3-17(14-7-5-4-6-8-14)19(20(25(34)35)18(24(32)33)13(2)22(28)29)21(27)26-16-11-9-15(10-12-16)23(30)31/h4-13,17-20H,3H2,1-2H3,(H,26,27)(H,28,29)(H,30,31)(H,32,33)(H,34,35). The number of carbonyl (C=O) groups is 5. The van der Waals surface area contributed by atoms with E-state index < -0.39 is 59.4 Å². The third-order valence-corrected chi connectivity index (χ3v) is 6.08. The molecular formula is C25H27NO9. The van der Waals surface area contributed by atoms with Gasteiger partial charge in [0, 0.05) is 5.69 Å². The number of aromatic carboxylic acids is 1. The first-order chi connectivity index (χ1) is 16.5. The van der Waals surface area contributed by atoms with Gasteiger partial charge in [0.15, 0.2) is 0 Å². The smallest absolute Gasteiger partial charge is 0.335 e. The van der Waals surface area contributed by atoms with Crippen molar-refractivity contribution in [3.8, 4) is 0 Å². The fraction of sp³-hybridized carbons (Fsp3) is 0.320. The Morgan fingerprint density at radius 2 is 1.29 bits per heavy atom. The molecule has 5 unspecified atom stereocenters. The van der Waals surface area contributed by atoms with Gasteiger partial charge in [-0.25, -0.2) is 4.79 Å². The number of amides is 1. The molecule has 0 saturated heterocycles. The highest BCUT2D eigenvalue weighted by atomic mass is 16.4. The van der Waals surface area contributed by atoms with Crippen molar-refractivity contribution in [1.29, 1.82) is 0 Å². The molecule has 0 spiro atoms. The normalized spacial score (nSPS) is 15.1. The van der Waals surface area contributed by atoms with Crippen LogP contribution in [0.25, 0.3) is 0 Å². The Kier molecular flexibility index (Phi) is 9.10. The van der Waals surface area contributed by atoms with Gasteiger partial charge in [-0.1, -0.05) is 44.2 Å². The van der Waals surface area contributed by atoms with E-state index in [2.05, 4.69) is 5.32 Å². The number of aliphatic carboxylic acids is 3. The Balaban J connectivity index is 2.62. The topological polar surface area (TPSA) is 178 Å². The summed E-state index contributed by atoms with van der Waals surface area (Å²) in [5.41, 5.74) is 0.741. The summed E-state index contributed by atoms with van der Waals surface area (Å²) in [6, 6.07) is 13.7. The molecule has 1 amide bonds. The number of carboxylic acids is 4. The highest BCUT2D eigenvalue weighted by Gasteiger charge is 2.50. The van der Waals surface area contributed by atoms with Gasteiger partial charge in [-0.15, -0.1) is 0 Å². The minimum atomic E-state index is -1.90. The van der Waals surface area contributed by atoms with Gasteiger partial charge in [0.25, 0.3) is 0 Å². The minimum Gasteiger partial charge on any atom is -0.481 e. The van der Waals surface area contributed by atoms with Crippen LogP contribution in [0.2, 0.25) is 0 Å². The van der Waals surface area contributed by atoms with Gasteiger partial charge in [-0.2, -0.15) is 0 Å². The highest BCUT2D eigenvalue weighted by Crippen LogP contribution is 2.40. The molecule has 35 heavy (non-hydrogen) atoms. The Morgan fingerprint density at radius 3 is 1.71 bits per heavy atom. The monoisotopic (exact) mass is 485 g/mol. The average Bonchev–Trinajstić information content (AvgIpc) is 2.81. The lowest BCUT2D eigenvalue weighted by atomic mass is 9.68. The molecule has 0 radical (unpaired) electrons. The first-order valence-corrected chi connectivity index (χ1v) is 10.9. The predicted octanol–water partition coefficient (Wildman–Crippen LogP) is 3.26. The molecular weight excluding hydrogens is 458 g/mol. The summed E-state index contributed by atoms with van der Waals surface area (Å²) >= 11 is 0. The molecule has 5 N–H and O–H groups in total. The maximum atomic E-state index is 13.5. The van der Waals surface area contributed by atoms with Crippen molar-refractivity contribution < 1.29 is 44.4 Å². The van der Waals surface area contributed by atoms with Crippen molar-refractivity contribution in [2.24, 2.45) is 23.7 Å². The van der Waals surface area contributed by atoms with Crippen molar-refractivity contribution in [2.75, 3.05) is 5.32 Å². The van der Waals surface area contributed by atoms with Crippen molar-refractivity contribution >= 4 is 35.5 Å². The second-order valence-electron chi connectivity index (χ2n) is 8.18. The van der Waals surface area contributed by atoms with Crippen LogP contribution in [0.1, 0.15) is 42.1 Å². The molecule has 0 aliphatic rings. The highest BCUT2D eigenvalue weighted by molar-refractivity contribution is 5.98. The number of hydrogen-bond donors (Lipinski definition) is 5. The largest absolute Gasteiger partial charge is 0.481 e. The summed E-state index contributed by atoms with van der Waals surface area (Å²) in [6.45, 7) is 2.81.